The van der Waals surface area contributed by atoms with Crippen LogP contribution in [0.4, 0.5) is 22.0 Å². The minimum atomic E-state index is -5.88. The van der Waals surface area contributed by atoms with Gasteiger partial charge in [0.05, 0.1) is 0 Å². The average Bonchev–Trinajstić information content (AvgIpc) is 3.13. The Balaban J connectivity index is 1.67. The van der Waals surface area contributed by atoms with Gasteiger partial charge in [0.15, 0.2) is 0 Å². The summed E-state index contributed by atoms with van der Waals surface area (Å²) in [4.78, 5) is 12.1. The number of ketones is 1. The molecule has 5 rings (SSSR count). The van der Waals surface area contributed by atoms with E-state index in [4.69, 9.17) is 0 Å². The SMILES string of the molecule is C[C@]12C[C@H](c3ccc([C@@H](O)[I-]O)cc3)C3=C4CCC(=O)C=C4CC[C@H]3[C@@H]1CC[C@@]2(O)C(F)(F)C(F)(F)F. The summed E-state index contributed by atoms with van der Waals surface area (Å²) < 4.78 is 79.3. The minimum absolute atomic E-state index is 0.0284. The van der Waals surface area contributed by atoms with Crippen molar-refractivity contribution in [1.29, 1.82) is 0 Å². The number of carbonyl (C=O) groups is 1. The van der Waals surface area contributed by atoms with Crippen LogP contribution < -0.4 is 21.6 Å². The number of hydrogen-bond acceptors (Lipinski definition) is 4. The Hall–Kier alpha value is -1.37. The number of aliphatic hydroxyl groups is 2. The zero-order valence-electron chi connectivity index (χ0n) is 20.2. The summed E-state index contributed by atoms with van der Waals surface area (Å²) in [5, 5.41) is 21.3. The van der Waals surface area contributed by atoms with Crippen molar-refractivity contribution in [3.05, 3.63) is 58.2 Å². The van der Waals surface area contributed by atoms with E-state index in [1.807, 2.05) is 0 Å². The van der Waals surface area contributed by atoms with Gasteiger partial charge in [0, 0.05) is 0 Å². The molecule has 6 atom stereocenters. The van der Waals surface area contributed by atoms with Crippen molar-refractivity contribution in [2.24, 2.45) is 17.3 Å². The first-order chi connectivity index (χ1) is 17.2. The number of hydrogen-bond donors (Lipinski definition) is 3. The molecule has 4 nitrogen and oxygen atoms in total. The maximum absolute atomic E-state index is 15.0. The number of fused-ring (bicyclic) bond motifs is 4. The van der Waals surface area contributed by atoms with Gasteiger partial charge in [-0.2, -0.15) is 0 Å². The number of benzene rings is 1. The van der Waals surface area contributed by atoms with Gasteiger partial charge in [0.25, 0.3) is 0 Å². The van der Waals surface area contributed by atoms with Crippen LogP contribution in [0.5, 0.6) is 0 Å². The molecule has 2 fully saturated rings. The Morgan fingerprint density at radius 3 is 2.35 bits per heavy atom. The van der Waals surface area contributed by atoms with Crippen LogP contribution in [0.25, 0.3) is 0 Å². The summed E-state index contributed by atoms with van der Waals surface area (Å²) in [6.07, 6.45) is -3.01. The molecule has 0 spiro atoms. The van der Waals surface area contributed by atoms with Gasteiger partial charge in [-0.15, -0.1) is 0 Å². The zero-order valence-corrected chi connectivity index (χ0v) is 22.3. The van der Waals surface area contributed by atoms with Gasteiger partial charge < -0.3 is 0 Å². The van der Waals surface area contributed by atoms with Gasteiger partial charge in [-0.05, 0) is 0 Å². The molecule has 0 aromatic heterocycles. The van der Waals surface area contributed by atoms with Gasteiger partial charge in [0.2, 0.25) is 0 Å². The van der Waals surface area contributed by atoms with E-state index in [-0.39, 0.29) is 24.5 Å². The van der Waals surface area contributed by atoms with E-state index in [2.05, 4.69) is 0 Å². The van der Waals surface area contributed by atoms with Gasteiger partial charge in [0.1, 0.15) is 0 Å². The van der Waals surface area contributed by atoms with E-state index in [0.29, 0.717) is 36.8 Å². The summed E-state index contributed by atoms with van der Waals surface area (Å²) in [5.41, 5.74) is -0.828. The average molecular weight is 639 g/mol. The summed E-state index contributed by atoms with van der Waals surface area (Å²) in [7, 11) is 0. The first-order valence-electron chi connectivity index (χ1n) is 12.4. The molecule has 204 valence electrons. The third-order valence-electron chi connectivity index (χ3n) is 9.47. The van der Waals surface area contributed by atoms with Crippen molar-refractivity contribution in [2.75, 3.05) is 0 Å². The van der Waals surface area contributed by atoms with Crippen LogP contribution in [-0.2, 0) is 4.79 Å². The van der Waals surface area contributed by atoms with E-state index in [0.717, 1.165) is 16.7 Å². The van der Waals surface area contributed by atoms with Crippen LogP contribution in [0, 0.1) is 17.3 Å². The van der Waals surface area contributed by atoms with E-state index in [1.54, 1.807) is 30.3 Å². The summed E-state index contributed by atoms with van der Waals surface area (Å²) in [5.74, 6) is -6.60. The van der Waals surface area contributed by atoms with Gasteiger partial charge in [-0.1, -0.05) is 0 Å². The number of aliphatic hydroxyl groups excluding tert-OH is 1. The monoisotopic (exact) mass is 639 g/mol. The van der Waals surface area contributed by atoms with Crippen molar-refractivity contribution in [2.45, 2.75) is 79.6 Å². The van der Waals surface area contributed by atoms with Gasteiger partial charge in [-0.25, -0.2) is 0 Å². The number of carbonyl (C=O) groups excluding carboxylic acids is 1. The molecular weight excluding hydrogens is 610 g/mol. The summed E-state index contributed by atoms with van der Waals surface area (Å²) in [6.45, 7) is 1.39. The first-order valence-corrected chi connectivity index (χ1v) is 14.6. The quantitative estimate of drug-likeness (QED) is 0.269. The third kappa shape index (κ3) is 3.95. The number of rotatable bonds is 4. The molecule has 0 radical (unpaired) electrons. The standard InChI is InChI=1S/C27H29F5IO4/c1-24-13-20(14-2-4-15(5-3-14)23(35)33-37)22-18-9-7-17(34)12-16(18)6-8-19(22)21(24)10-11-25(24,36)26(28,29)27(30,31)32/h2-5,12,19-21,23,35-37H,6-11,13H2,1H3/q-1/t19-,20+,21-,23+,24-,25-/m0/s1. The molecule has 0 amide bonds. The Bertz CT molecular complexity index is 1160. The molecular formula is C27H29F5IO4-. The van der Waals surface area contributed by atoms with Gasteiger partial charge >= 0.3 is 223 Å². The van der Waals surface area contributed by atoms with Crippen LogP contribution in [0.1, 0.15) is 73.0 Å². The molecule has 0 bridgehead atoms. The Morgan fingerprint density at radius 1 is 1.05 bits per heavy atom. The predicted molar refractivity (Wildman–Crippen MR) is 120 cm³/mol. The molecule has 3 N–H and O–H groups in total. The Labute approximate surface area is 222 Å². The van der Waals surface area contributed by atoms with Crippen LogP contribution in [0.3, 0.4) is 0 Å². The molecule has 10 heteroatoms. The van der Waals surface area contributed by atoms with Crippen molar-refractivity contribution < 1.29 is 62.0 Å². The first kappa shape index (κ1) is 27.2. The summed E-state index contributed by atoms with van der Waals surface area (Å²) >= 11 is -1.46. The topological polar surface area (TPSA) is 77.8 Å². The third-order valence-corrected chi connectivity index (χ3v) is 10.7. The Morgan fingerprint density at radius 2 is 1.73 bits per heavy atom. The fraction of sp³-hybridized carbons (Fsp3) is 0.593. The fourth-order valence-electron chi connectivity index (χ4n) is 7.66. The zero-order chi connectivity index (χ0) is 27.0. The molecule has 0 aliphatic heterocycles. The molecule has 4 aliphatic rings. The van der Waals surface area contributed by atoms with E-state index in [9.17, 15) is 31.6 Å². The van der Waals surface area contributed by atoms with Crippen LogP contribution in [0.2, 0.25) is 0 Å². The molecule has 1 aromatic carbocycles. The second kappa shape index (κ2) is 9.09. The predicted octanol–water partition coefficient (Wildman–Crippen LogP) is 2.50. The van der Waals surface area contributed by atoms with Crippen LogP contribution in [0.15, 0.2) is 47.1 Å². The summed E-state index contributed by atoms with van der Waals surface area (Å²) in [6, 6.07) is 6.72. The molecule has 4 aliphatic carbocycles. The van der Waals surface area contributed by atoms with E-state index < -0.39 is 67.1 Å². The molecule has 0 heterocycles. The second-order valence-corrected chi connectivity index (χ2v) is 12.8. The van der Waals surface area contributed by atoms with Gasteiger partial charge in [-0.3, -0.25) is 0 Å². The maximum atomic E-state index is 15.0. The number of halogens is 6. The van der Waals surface area contributed by atoms with Crippen molar-refractivity contribution in [3.63, 3.8) is 0 Å². The second-order valence-electron chi connectivity index (χ2n) is 11.1. The fourth-order valence-corrected chi connectivity index (χ4v) is 8.39. The molecule has 2 saturated carbocycles. The number of allylic oxidation sites excluding steroid dienone is 4. The molecule has 1 aromatic rings. The van der Waals surface area contributed by atoms with Crippen LogP contribution >= 0.6 is 0 Å². The normalized spacial score (nSPS) is 35.1. The molecule has 0 saturated heterocycles. The van der Waals surface area contributed by atoms with E-state index >= 15 is 8.78 Å². The van der Waals surface area contributed by atoms with Crippen LogP contribution in [-0.4, -0.2) is 37.1 Å². The number of alkyl halides is 6. The van der Waals surface area contributed by atoms with E-state index in [1.165, 1.54) is 6.92 Å². The van der Waals surface area contributed by atoms with Crippen molar-refractivity contribution in [3.8, 4) is 0 Å². The van der Waals surface area contributed by atoms with Crippen molar-refractivity contribution >= 4 is 5.78 Å². The molecule has 0 unspecified atom stereocenters. The Kier molecular flexibility index (Phi) is 6.69. The molecule has 37 heavy (non-hydrogen) atoms. The van der Waals surface area contributed by atoms with Crippen molar-refractivity contribution in [1.82, 2.24) is 0 Å².